The zero-order chi connectivity index (χ0) is 14.0. The Morgan fingerprint density at radius 3 is 2.68 bits per heavy atom. The zero-order valence-corrected chi connectivity index (χ0v) is 12.2. The van der Waals surface area contributed by atoms with Gasteiger partial charge in [-0.1, -0.05) is 12.8 Å². The predicted molar refractivity (Wildman–Crippen MR) is 70.4 cm³/mol. The summed E-state index contributed by atoms with van der Waals surface area (Å²) >= 11 is 0. The first-order valence-electron chi connectivity index (χ1n) is 6.14. The van der Waals surface area contributed by atoms with Crippen LogP contribution in [0.4, 0.5) is 0 Å². The number of aryl methyl sites for hydroxylation is 1. The van der Waals surface area contributed by atoms with Crippen molar-refractivity contribution in [3.8, 4) is 0 Å². The molecule has 1 aliphatic rings. The smallest absolute Gasteiger partial charge is 0.280 e. The third-order valence-electron chi connectivity index (χ3n) is 3.24. The molecule has 0 saturated heterocycles. The van der Waals surface area contributed by atoms with Crippen molar-refractivity contribution in [2.45, 2.75) is 50.2 Å². The van der Waals surface area contributed by atoms with Gasteiger partial charge < -0.3 is 9.88 Å². The largest absolute Gasteiger partial charge is 0.352 e. The quantitative estimate of drug-likeness (QED) is 0.847. The summed E-state index contributed by atoms with van der Waals surface area (Å²) in [6, 6.07) is 0.243. The molecule has 8 heteroatoms. The van der Waals surface area contributed by atoms with E-state index in [1.54, 1.807) is 6.92 Å². The van der Waals surface area contributed by atoms with Crippen LogP contribution >= 0.6 is 10.7 Å². The van der Waals surface area contributed by atoms with E-state index in [1.807, 2.05) is 0 Å². The Bertz CT molecular complexity index is 576. The van der Waals surface area contributed by atoms with Gasteiger partial charge in [0.25, 0.3) is 9.05 Å². The minimum atomic E-state index is -3.85. The van der Waals surface area contributed by atoms with Crippen molar-refractivity contribution in [3.05, 3.63) is 12.0 Å². The minimum Gasteiger partial charge on any atom is -0.352 e. The standard InChI is InChI=1S/C11H16ClN3O3S/c1-8-13-11(19(12,17)18)7-15(8)6-10(16)14-9-4-2-3-5-9/h7,9H,2-6H2,1H3,(H,14,16). The van der Waals surface area contributed by atoms with Crippen molar-refractivity contribution >= 4 is 25.6 Å². The maximum Gasteiger partial charge on any atom is 0.280 e. The first kappa shape index (κ1) is 14.3. The average Bonchev–Trinajstić information content (AvgIpc) is 2.88. The van der Waals surface area contributed by atoms with E-state index < -0.39 is 9.05 Å². The summed E-state index contributed by atoms with van der Waals surface area (Å²) in [5.41, 5.74) is 0. The molecule has 0 aliphatic heterocycles. The van der Waals surface area contributed by atoms with Crippen LogP contribution in [0.15, 0.2) is 11.2 Å². The molecule has 1 aromatic rings. The van der Waals surface area contributed by atoms with Gasteiger partial charge in [0.15, 0.2) is 5.03 Å². The first-order chi connectivity index (χ1) is 8.86. The van der Waals surface area contributed by atoms with E-state index in [-0.39, 0.29) is 23.5 Å². The molecule has 0 unspecified atom stereocenters. The number of carbonyl (C=O) groups excluding carboxylic acids is 1. The van der Waals surface area contributed by atoms with Crippen molar-refractivity contribution in [1.29, 1.82) is 0 Å². The average molecular weight is 306 g/mol. The molecule has 1 aliphatic carbocycles. The second kappa shape index (κ2) is 5.50. The molecule has 0 aromatic carbocycles. The van der Waals surface area contributed by atoms with Crippen LogP contribution in [0, 0.1) is 6.92 Å². The number of hydrogen-bond donors (Lipinski definition) is 1. The molecule has 1 aromatic heterocycles. The highest BCUT2D eigenvalue weighted by Crippen LogP contribution is 2.18. The van der Waals surface area contributed by atoms with Gasteiger partial charge in [0, 0.05) is 22.9 Å². The molecular formula is C11H16ClN3O3S. The van der Waals surface area contributed by atoms with E-state index in [4.69, 9.17) is 10.7 Å². The molecular weight excluding hydrogens is 290 g/mol. The van der Waals surface area contributed by atoms with Gasteiger partial charge in [-0.3, -0.25) is 4.79 Å². The fourth-order valence-electron chi connectivity index (χ4n) is 2.26. The molecule has 0 spiro atoms. The van der Waals surface area contributed by atoms with Crippen molar-refractivity contribution in [2.24, 2.45) is 0 Å². The third-order valence-corrected chi connectivity index (χ3v) is 4.41. The molecule has 1 N–H and O–H groups in total. The Labute approximate surface area is 116 Å². The van der Waals surface area contributed by atoms with Crippen LogP contribution in [0.25, 0.3) is 0 Å². The SMILES string of the molecule is Cc1nc(S(=O)(=O)Cl)cn1CC(=O)NC1CCCC1. The van der Waals surface area contributed by atoms with E-state index in [1.165, 1.54) is 10.8 Å². The Morgan fingerprint density at radius 1 is 1.53 bits per heavy atom. The lowest BCUT2D eigenvalue weighted by atomic mass is 10.2. The number of halogens is 1. The summed E-state index contributed by atoms with van der Waals surface area (Å²) in [5, 5.41) is 2.71. The van der Waals surface area contributed by atoms with Crippen LogP contribution in [0.5, 0.6) is 0 Å². The second-order valence-corrected chi connectivity index (χ2v) is 7.25. The second-order valence-electron chi connectivity index (χ2n) is 4.74. The van der Waals surface area contributed by atoms with Gasteiger partial charge in [0.1, 0.15) is 12.4 Å². The van der Waals surface area contributed by atoms with Gasteiger partial charge in [-0.2, -0.15) is 0 Å². The Balaban J connectivity index is 2.02. The maximum atomic E-state index is 11.8. The molecule has 19 heavy (non-hydrogen) atoms. The number of hydrogen-bond acceptors (Lipinski definition) is 4. The van der Waals surface area contributed by atoms with Gasteiger partial charge in [-0.25, -0.2) is 13.4 Å². The Kier molecular flexibility index (Phi) is 4.15. The van der Waals surface area contributed by atoms with Crippen LogP contribution in [-0.4, -0.2) is 29.9 Å². The first-order valence-corrected chi connectivity index (χ1v) is 8.45. The fraction of sp³-hybridized carbons (Fsp3) is 0.636. The summed E-state index contributed by atoms with van der Waals surface area (Å²) in [6.07, 6.45) is 5.59. The minimum absolute atomic E-state index is 0.0573. The topological polar surface area (TPSA) is 81.1 Å². The Hall–Kier alpha value is -1.08. The molecule has 1 fully saturated rings. The van der Waals surface area contributed by atoms with Gasteiger partial charge in [0.2, 0.25) is 5.91 Å². The number of carbonyl (C=O) groups is 1. The van der Waals surface area contributed by atoms with Gasteiger partial charge in [-0.15, -0.1) is 0 Å². The monoisotopic (exact) mass is 305 g/mol. The number of rotatable bonds is 4. The summed E-state index contributed by atoms with van der Waals surface area (Å²) in [7, 11) is 1.36. The molecule has 6 nitrogen and oxygen atoms in total. The third kappa shape index (κ3) is 3.70. The van der Waals surface area contributed by atoms with E-state index in [0.717, 1.165) is 25.7 Å². The molecule has 0 bridgehead atoms. The van der Waals surface area contributed by atoms with Crippen LogP contribution in [0.3, 0.4) is 0 Å². The predicted octanol–water partition coefficient (Wildman–Crippen LogP) is 1.18. The number of imidazole rings is 1. The summed E-state index contributed by atoms with van der Waals surface area (Å²) in [5.74, 6) is 0.312. The summed E-state index contributed by atoms with van der Waals surface area (Å²) in [6.45, 7) is 1.69. The van der Waals surface area contributed by atoms with Crippen molar-refractivity contribution in [3.63, 3.8) is 0 Å². The van der Waals surface area contributed by atoms with E-state index >= 15 is 0 Å². The number of amides is 1. The number of nitrogens with one attached hydrogen (secondary N) is 1. The van der Waals surface area contributed by atoms with Crippen LogP contribution in [-0.2, 0) is 20.4 Å². The Morgan fingerprint density at radius 2 is 2.16 bits per heavy atom. The highest BCUT2D eigenvalue weighted by molar-refractivity contribution is 8.13. The van der Waals surface area contributed by atoms with Crippen LogP contribution in [0.1, 0.15) is 31.5 Å². The van der Waals surface area contributed by atoms with E-state index in [9.17, 15) is 13.2 Å². The molecule has 0 radical (unpaired) electrons. The zero-order valence-electron chi connectivity index (χ0n) is 10.6. The van der Waals surface area contributed by atoms with Crippen molar-refractivity contribution < 1.29 is 13.2 Å². The van der Waals surface area contributed by atoms with Crippen molar-refractivity contribution in [2.75, 3.05) is 0 Å². The maximum absolute atomic E-state index is 11.8. The molecule has 1 saturated carbocycles. The molecule has 2 rings (SSSR count). The van der Waals surface area contributed by atoms with E-state index in [2.05, 4.69) is 10.3 Å². The molecule has 1 amide bonds. The lowest BCUT2D eigenvalue weighted by molar-refractivity contribution is -0.122. The van der Waals surface area contributed by atoms with Gasteiger partial charge >= 0.3 is 0 Å². The molecule has 0 atom stereocenters. The molecule has 1 heterocycles. The van der Waals surface area contributed by atoms with Gasteiger partial charge in [0.05, 0.1) is 0 Å². The number of aromatic nitrogens is 2. The lowest BCUT2D eigenvalue weighted by Crippen LogP contribution is -2.35. The lowest BCUT2D eigenvalue weighted by Gasteiger charge is -2.12. The highest BCUT2D eigenvalue weighted by atomic mass is 35.7. The van der Waals surface area contributed by atoms with Gasteiger partial charge in [-0.05, 0) is 19.8 Å². The summed E-state index contributed by atoms with van der Waals surface area (Å²) in [4.78, 5) is 15.7. The summed E-state index contributed by atoms with van der Waals surface area (Å²) < 4.78 is 23.8. The van der Waals surface area contributed by atoms with E-state index in [0.29, 0.717) is 5.82 Å². The number of nitrogens with zero attached hydrogens (tertiary/aromatic N) is 2. The van der Waals surface area contributed by atoms with Crippen molar-refractivity contribution in [1.82, 2.24) is 14.9 Å². The van der Waals surface area contributed by atoms with Crippen LogP contribution in [0.2, 0.25) is 0 Å². The fourth-order valence-corrected chi connectivity index (χ4v) is 2.97. The normalized spacial score (nSPS) is 16.7. The molecule has 106 valence electrons. The van der Waals surface area contributed by atoms with Crippen LogP contribution < -0.4 is 5.32 Å². The highest BCUT2D eigenvalue weighted by Gasteiger charge is 2.20.